The highest BCUT2D eigenvalue weighted by atomic mass is 32.2. The molecule has 3 aromatic rings. The highest BCUT2D eigenvalue weighted by Crippen LogP contribution is 2.36. The molecule has 0 aliphatic heterocycles. The van der Waals surface area contributed by atoms with Crippen molar-refractivity contribution < 1.29 is 12.9 Å². The van der Waals surface area contributed by atoms with Crippen molar-refractivity contribution in [3.05, 3.63) is 52.5 Å². The maximum Gasteiger partial charge on any atom is 0.263 e. The van der Waals surface area contributed by atoms with Crippen molar-refractivity contribution in [2.75, 3.05) is 4.72 Å². The number of benzene rings is 1. The zero-order valence-corrected chi connectivity index (χ0v) is 14.6. The van der Waals surface area contributed by atoms with Crippen LogP contribution >= 0.6 is 11.3 Å². The highest BCUT2D eigenvalue weighted by Gasteiger charge is 2.23. The number of para-hydroxylation sites is 1. The Labute approximate surface area is 139 Å². The third-order valence-electron chi connectivity index (χ3n) is 3.57. The van der Waals surface area contributed by atoms with Crippen molar-refractivity contribution in [3.63, 3.8) is 0 Å². The number of sulfonamides is 1. The van der Waals surface area contributed by atoms with Crippen LogP contribution in [0, 0.1) is 20.8 Å². The number of thiophene rings is 1. The van der Waals surface area contributed by atoms with Gasteiger partial charge >= 0.3 is 0 Å². The molecule has 3 rings (SSSR count). The molecule has 0 fully saturated rings. The van der Waals surface area contributed by atoms with Gasteiger partial charge in [-0.15, -0.1) is 11.3 Å². The van der Waals surface area contributed by atoms with Gasteiger partial charge in [-0.2, -0.15) is 0 Å². The Morgan fingerprint density at radius 3 is 2.43 bits per heavy atom. The molecule has 0 aliphatic carbocycles. The van der Waals surface area contributed by atoms with Gasteiger partial charge in [-0.3, -0.25) is 4.72 Å². The quantitative estimate of drug-likeness (QED) is 0.769. The smallest absolute Gasteiger partial charge is 0.263 e. The number of hydrogen-bond donors (Lipinski definition) is 1. The van der Waals surface area contributed by atoms with Gasteiger partial charge in [0.25, 0.3) is 10.0 Å². The highest BCUT2D eigenvalue weighted by molar-refractivity contribution is 7.93. The van der Waals surface area contributed by atoms with Gasteiger partial charge in [-0.1, -0.05) is 23.4 Å². The van der Waals surface area contributed by atoms with E-state index in [9.17, 15) is 8.42 Å². The molecule has 5 nitrogen and oxygen atoms in total. The third-order valence-corrected chi connectivity index (χ3v) is 6.25. The maximum atomic E-state index is 12.6. The van der Waals surface area contributed by atoms with Gasteiger partial charge in [0.2, 0.25) is 0 Å². The van der Waals surface area contributed by atoms with Crippen molar-refractivity contribution in [1.29, 1.82) is 0 Å². The van der Waals surface area contributed by atoms with Crippen LogP contribution in [0.25, 0.3) is 10.6 Å². The van der Waals surface area contributed by atoms with Gasteiger partial charge in [-0.25, -0.2) is 8.42 Å². The minimum absolute atomic E-state index is 0.259. The average Bonchev–Trinajstić information content (AvgIpc) is 3.04. The number of rotatable bonds is 4. The first-order valence-corrected chi connectivity index (χ1v) is 9.30. The fraction of sp³-hybridized carbons (Fsp3) is 0.188. The van der Waals surface area contributed by atoms with E-state index in [1.165, 1.54) is 11.3 Å². The van der Waals surface area contributed by atoms with Crippen LogP contribution in [0.5, 0.6) is 0 Å². The van der Waals surface area contributed by atoms with Crippen molar-refractivity contribution >= 4 is 27.0 Å². The fourth-order valence-corrected chi connectivity index (χ4v) is 4.89. The monoisotopic (exact) mass is 348 g/mol. The summed E-state index contributed by atoms with van der Waals surface area (Å²) >= 11 is 1.38. The molecule has 0 spiro atoms. The molecule has 0 bridgehead atoms. The normalized spacial score (nSPS) is 11.6. The fourth-order valence-electron chi connectivity index (χ4n) is 2.21. The molecule has 0 saturated carbocycles. The molecule has 2 aromatic heterocycles. The first-order valence-electron chi connectivity index (χ1n) is 7.00. The maximum absolute atomic E-state index is 12.6. The number of nitrogens with one attached hydrogen (secondary N) is 1. The average molecular weight is 348 g/mol. The summed E-state index contributed by atoms with van der Waals surface area (Å²) in [5.74, 6) is 0.622. The predicted octanol–water partition coefficient (Wildman–Crippen LogP) is 4.13. The number of anilines is 1. The number of aromatic nitrogens is 1. The van der Waals surface area contributed by atoms with Gasteiger partial charge in [0, 0.05) is 16.1 Å². The van der Waals surface area contributed by atoms with Crippen LogP contribution in [0.1, 0.15) is 16.1 Å². The van der Waals surface area contributed by atoms with Gasteiger partial charge in [0.1, 0.15) is 4.90 Å². The first kappa shape index (κ1) is 15.8. The van der Waals surface area contributed by atoms with Crippen LogP contribution in [0.2, 0.25) is 0 Å². The molecule has 0 unspecified atom stereocenters. The van der Waals surface area contributed by atoms with Crippen molar-refractivity contribution in [1.82, 2.24) is 5.16 Å². The minimum Gasteiger partial charge on any atom is -0.355 e. The molecule has 1 N–H and O–H groups in total. The van der Waals surface area contributed by atoms with E-state index in [0.29, 0.717) is 16.3 Å². The van der Waals surface area contributed by atoms with E-state index in [-0.39, 0.29) is 4.90 Å². The van der Waals surface area contributed by atoms with Gasteiger partial charge < -0.3 is 4.52 Å². The summed E-state index contributed by atoms with van der Waals surface area (Å²) in [7, 11) is -3.64. The zero-order chi connectivity index (χ0) is 16.6. The molecule has 0 aliphatic rings. The molecule has 0 amide bonds. The molecule has 0 radical (unpaired) electrons. The second-order valence-electron chi connectivity index (χ2n) is 5.22. The summed E-state index contributed by atoms with van der Waals surface area (Å²) < 4.78 is 33.1. The lowest BCUT2D eigenvalue weighted by Crippen LogP contribution is -2.12. The Morgan fingerprint density at radius 2 is 1.83 bits per heavy atom. The van der Waals surface area contributed by atoms with E-state index < -0.39 is 10.0 Å². The molecular formula is C16H16N2O3S2. The second-order valence-corrected chi connectivity index (χ2v) is 8.13. The standard InChI is InChI=1S/C16H16N2O3S2/c1-10-11(2)17-21-16(10)14-9-15(12(3)22-14)23(19,20)18-13-7-5-4-6-8-13/h4-9,18H,1-3H3. The lowest BCUT2D eigenvalue weighted by atomic mass is 10.2. The van der Waals surface area contributed by atoms with E-state index in [2.05, 4.69) is 9.88 Å². The number of hydrogen-bond acceptors (Lipinski definition) is 5. The SMILES string of the molecule is Cc1noc(-c2cc(S(=O)(=O)Nc3ccccc3)c(C)s2)c1C. The van der Waals surface area contributed by atoms with Crippen molar-refractivity contribution in [2.24, 2.45) is 0 Å². The Bertz CT molecular complexity index is 941. The lowest BCUT2D eigenvalue weighted by molar-refractivity contribution is 0.427. The Morgan fingerprint density at radius 1 is 1.13 bits per heavy atom. The molecule has 120 valence electrons. The van der Waals surface area contributed by atoms with Crippen LogP contribution in [0.15, 0.2) is 45.8 Å². The number of aryl methyl sites for hydroxylation is 2. The van der Waals surface area contributed by atoms with Crippen molar-refractivity contribution in [2.45, 2.75) is 25.7 Å². The van der Waals surface area contributed by atoms with Gasteiger partial charge in [0.15, 0.2) is 5.76 Å². The molecule has 0 saturated heterocycles. The lowest BCUT2D eigenvalue weighted by Gasteiger charge is -2.06. The summed E-state index contributed by atoms with van der Waals surface area (Å²) in [5, 5.41) is 3.93. The third kappa shape index (κ3) is 3.02. The van der Waals surface area contributed by atoms with E-state index in [1.54, 1.807) is 37.3 Å². The van der Waals surface area contributed by atoms with Gasteiger partial charge in [-0.05, 0) is 39.0 Å². The van der Waals surface area contributed by atoms with Gasteiger partial charge in [0.05, 0.1) is 10.6 Å². The van der Waals surface area contributed by atoms with E-state index in [4.69, 9.17) is 4.52 Å². The van der Waals surface area contributed by atoms with E-state index >= 15 is 0 Å². The Hall–Kier alpha value is -2.12. The van der Waals surface area contributed by atoms with Crippen molar-refractivity contribution in [3.8, 4) is 10.6 Å². The van der Waals surface area contributed by atoms with Crippen LogP contribution < -0.4 is 4.72 Å². The topological polar surface area (TPSA) is 72.2 Å². The van der Waals surface area contributed by atoms with Crippen LogP contribution in [0.4, 0.5) is 5.69 Å². The minimum atomic E-state index is -3.64. The summed E-state index contributed by atoms with van der Waals surface area (Å²) in [6.45, 7) is 5.55. The molecule has 23 heavy (non-hydrogen) atoms. The molecule has 1 aromatic carbocycles. The predicted molar refractivity (Wildman–Crippen MR) is 91.3 cm³/mol. The summed E-state index contributed by atoms with van der Waals surface area (Å²) in [6, 6.07) is 10.5. The summed E-state index contributed by atoms with van der Waals surface area (Å²) in [5.41, 5.74) is 2.26. The Balaban J connectivity index is 1.99. The second kappa shape index (κ2) is 5.82. The summed E-state index contributed by atoms with van der Waals surface area (Å²) in [6.07, 6.45) is 0. The first-order chi connectivity index (χ1) is 10.9. The molecular weight excluding hydrogens is 332 g/mol. The number of nitrogens with zero attached hydrogens (tertiary/aromatic N) is 1. The summed E-state index contributed by atoms with van der Waals surface area (Å²) in [4.78, 5) is 1.72. The van der Waals surface area contributed by atoms with E-state index in [1.807, 2.05) is 19.9 Å². The van der Waals surface area contributed by atoms with Crippen LogP contribution in [0.3, 0.4) is 0 Å². The van der Waals surface area contributed by atoms with E-state index in [0.717, 1.165) is 16.1 Å². The van der Waals surface area contributed by atoms with Crippen LogP contribution in [-0.2, 0) is 10.0 Å². The molecule has 0 atom stereocenters. The zero-order valence-electron chi connectivity index (χ0n) is 13.0. The molecule has 7 heteroatoms. The Kier molecular flexibility index (Phi) is 3.99. The largest absolute Gasteiger partial charge is 0.355 e. The van der Waals surface area contributed by atoms with Crippen LogP contribution in [-0.4, -0.2) is 13.6 Å². The molecule has 2 heterocycles.